The van der Waals surface area contributed by atoms with Gasteiger partial charge in [-0.3, -0.25) is 4.79 Å². The highest BCUT2D eigenvalue weighted by Crippen LogP contribution is 2.75. The minimum atomic E-state index is -0.107. The molecule has 0 aromatic carbocycles. The van der Waals surface area contributed by atoms with E-state index >= 15 is 0 Å². The van der Waals surface area contributed by atoms with Gasteiger partial charge in [-0.15, -0.1) is 0 Å². The lowest BCUT2D eigenvalue weighted by atomic mass is 9.47. The van der Waals surface area contributed by atoms with Crippen molar-refractivity contribution < 1.29 is 15.0 Å². The number of carbonyl (C=O) groups is 1. The molecule has 0 amide bonds. The molecule has 33 heavy (non-hydrogen) atoms. The average molecular weight is 496 g/mol. The minimum absolute atomic E-state index is 0.0934. The van der Waals surface area contributed by atoms with E-state index in [1.165, 1.54) is 5.57 Å². The monoisotopic (exact) mass is 495 g/mol. The van der Waals surface area contributed by atoms with Crippen LogP contribution in [0, 0.1) is 28.6 Å². The molecule has 5 bridgehead atoms. The number of aliphatic hydroxyl groups excluding tert-OH is 2. The third kappa shape index (κ3) is 4.50. The van der Waals surface area contributed by atoms with Crippen LogP contribution in [0.4, 0.5) is 0 Å². The maximum absolute atomic E-state index is 13.5. The number of guanidine groups is 1. The second kappa shape index (κ2) is 10.5. The second-order valence-electron chi connectivity index (χ2n) is 10.8. The molecule has 6 nitrogen and oxygen atoms in total. The Kier molecular flexibility index (Phi) is 8.08. The highest BCUT2D eigenvalue weighted by molar-refractivity contribution is 8.76. The van der Waals surface area contributed by atoms with Gasteiger partial charge >= 0.3 is 0 Å². The summed E-state index contributed by atoms with van der Waals surface area (Å²) in [5, 5.41) is 19.8. The van der Waals surface area contributed by atoms with Gasteiger partial charge < -0.3 is 21.7 Å². The summed E-state index contributed by atoms with van der Waals surface area (Å²) in [6.45, 7) is 2.88. The van der Waals surface area contributed by atoms with Crippen molar-refractivity contribution in [3.8, 4) is 0 Å². The number of Topliss-reactive ketones (excluding diaryl/α,β-unsaturated/α-hetero) is 1. The van der Waals surface area contributed by atoms with Crippen LogP contribution in [0.15, 0.2) is 16.1 Å². The molecule has 3 aliphatic carbocycles. The third-order valence-electron chi connectivity index (χ3n) is 9.34. The van der Waals surface area contributed by atoms with Crippen molar-refractivity contribution in [1.29, 1.82) is 0 Å². The SMILES string of the molecule is CC12CCSSCC(N=C(N)N)CCCC3=C4CC1CC(CO)C(CCCCO)C42CC3=O. The predicted octanol–water partition coefficient (Wildman–Crippen LogP) is 3.66. The average Bonchev–Trinajstić information content (AvgIpc) is 3.10. The summed E-state index contributed by atoms with van der Waals surface area (Å²) in [7, 11) is 3.78. The van der Waals surface area contributed by atoms with Gasteiger partial charge in [0.1, 0.15) is 0 Å². The van der Waals surface area contributed by atoms with E-state index < -0.39 is 0 Å². The maximum Gasteiger partial charge on any atom is 0.186 e. The maximum atomic E-state index is 13.5. The number of carbonyl (C=O) groups excluding carboxylic acids is 1. The first-order chi connectivity index (χ1) is 15.9. The van der Waals surface area contributed by atoms with Crippen molar-refractivity contribution in [2.24, 2.45) is 45.0 Å². The van der Waals surface area contributed by atoms with Gasteiger partial charge in [-0.25, -0.2) is 4.99 Å². The molecule has 0 saturated heterocycles. The van der Waals surface area contributed by atoms with E-state index in [1.54, 1.807) is 0 Å². The Hall–Kier alpha value is -0.700. The van der Waals surface area contributed by atoms with Crippen molar-refractivity contribution >= 4 is 33.3 Å². The molecule has 6 N–H and O–H groups in total. The smallest absolute Gasteiger partial charge is 0.186 e. The molecule has 8 heteroatoms. The lowest BCUT2D eigenvalue weighted by molar-refractivity contribution is -0.125. The Morgan fingerprint density at radius 1 is 1.24 bits per heavy atom. The van der Waals surface area contributed by atoms with Crippen LogP contribution in [0.2, 0.25) is 0 Å². The van der Waals surface area contributed by atoms with Crippen LogP contribution in [-0.4, -0.2) is 52.7 Å². The number of aliphatic imine (C=N–C) groups is 1. The predicted molar refractivity (Wildman–Crippen MR) is 138 cm³/mol. The molecule has 1 heterocycles. The summed E-state index contributed by atoms with van der Waals surface area (Å²) in [6.07, 6.45) is 9.20. The van der Waals surface area contributed by atoms with E-state index in [4.69, 9.17) is 11.5 Å². The summed E-state index contributed by atoms with van der Waals surface area (Å²) in [6, 6.07) is 0.0984. The van der Waals surface area contributed by atoms with Gasteiger partial charge in [-0.2, -0.15) is 0 Å². The van der Waals surface area contributed by atoms with Crippen LogP contribution in [0.25, 0.3) is 0 Å². The van der Waals surface area contributed by atoms with Crippen LogP contribution in [-0.2, 0) is 4.79 Å². The molecule has 1 aliphatic heterocycles. The van der Waals surface area contributed by atoms with E-state index in [-0.39, 0.29) is 42.0 Å². The van der Waals surface area contributed by atoms with Gasteiger partial charge in [0.25, 0.3) is 0 Å². The molecular weight excluding hydrogens is 454 g/mol. The number of ketones is 1. The van der Waals surface area contributed by atoms with E-state index in [1.807, 2.05) is 21.6 Å². The first kappa shape index (κ1) is 25.4. The molecule has 4 rings (SSSR count). The van der Waals surface area contributed by atoms with Crippen LogP contribution in [0.5, 0.6) is 0 Å². The Morgan fingerprint density at radius 3 is 2.79 bits per heavy atom. The zero-order valence-corrected chi connectivity index (χ0v) is 21.6. The minimum Gasteiger partial charge on any atom is -0.396 e. The summed E-state index contributed by atoms with van der Waals surface area (Å²) in [4.78, 5) is 18.0. The first-order valence-electron chi connectivity index (χ1n) is 12.7. The van der Waals surface area contributed by atoms with Gasteiger partial charge in [0.15, 0.2) is 11.7 Å². The number of hydrogen-bond acceptors (Lipinski definition) is 6. The van der Waals surface area contributed by atoms with Crippen molar-refractivity contribution in [2.75, 3.05) is 24.7 Å². The molecule has 0 aromatic rings. The number of hydrogen-bond donors (Lipinski definition) is 4. The van der Waals surface area contributed by atoms with Gasteiger partial charge in [0.05, 0.1) is 6.04 Å². The number of rotatable bonds is 6. The van der Waals surface area contributed by atoms with Gasteiger partial charge in [0, 0.05) is 36.6 Å². The van der Waals surface area contributed by atoms with E-state index in [2.05, 4.69) is 11.9 Å². The fraction of sp³-hybridized carbons (Fsp3) is 0.840. The van der Waals surface area contributed by atoms with Crippen LogP contribution in [0.1, 0.15) is 71.1 Å². The van der Waals surface area contributed by atoms with Crippen molar-refractivity contribution in [1.82, 2.24) is 0 Å². The molecule has 0 radical (unpaired) electrons. The van der Waals surface area contributed by atoms with Crippen LogP contribution in [0.3, 0.4) is 0 Å². The summed E-state index contributed by atoms with van der Waals surface area (Å²) in [5.41, 5.74) is 13.9. The van der Waals surface area contributed by atoms with E-state index in [9.17, 15) is 15.0 Å². The molecule has 6 unspecified atom stereocenters. The molecule has 2 saturated carbocycles. The highest BCUT2D eigenvalue weighted by Gasteiger charge is 2.69. The fourth-order valence-corrected chi connectivity index (χ4v) is 10.4. The molecule has 4 aliphatic rings. The molecule has 186 valence electrons. The zero-order chi connectivity index (χ0) is 23.6. The summed E-state index contributed by atoms with van der Waals surface area (Å²) >= 11 is 0. The molecular formula is C25H41N3O3S2. The number of aliphatic hydroxyl groups is 2. The third-order valence-corrected chi connectivity index (χ3v) is 11.8. The second-order valence-corrected chi connectivity index (χ2v) is 13.4. The topological polar surface area (TPSA) is 122 Å². The van der Waals surface area contributed by atoms with Crippen molar-refractivity contribution in [2.45, 2.75) is 77.2 Å². The Morgan fingerprint density at radius 2 is 2.06 bits per heavy atom. The fourth-order valence-electron chi connectivity index (χ4n) is 7.87. The standard InChI is InChI=1S/C25H41N3O3S2/c1-24-8-10-32-33-15-18(28-23(26)27)5-4-6-19-21-12-17(24)11-16(14-30)20(7-2-3-9-29)25(21,24)13-22(19)31/h16-18,20,29-30H,2-15H2,1H3,(H4,26,27,28). The Bertz CT molecular complexity index is 800. The summed E-state index contributed by atoms with van der Waals surface area (Å²) < 4.78 is 0. The molecule has 6 atom stereocenters. The number of allylic oxidation sites excluding steroid dienone is 2. The lowest BCUT2D eigenvalue weighted by Crippen LogP contribution is -2.52. The largest absolute Gasteiger partial charge is 0.396 e. The van der Waals surface area contributed by atoms with Gasteiger partial charge in [-0.1, -0.05) is 40.5 Å². The van der Waals surface area contributed by atoms with E-state index in [0.29, 0.717) is 24.0 Å². The summed E-state index contributed by atoms with van der Waals surface area (Å²) in [5.74, 6) is 3.57. The number of nitrogens with two attached hydrogens (primary N) is 2. The number of nitrogens with zero attached hydrogens (tertiary/aromatic N) is 1. The molecule has 2 fully saturated rings. The van der Waals surface area contributed by atoms with E-state index in [0.717, 1.165) is 74.9 Å². The Balaban J connectivity index is 1.72. The number of unbranched alkanes of at least 4 members (excludes halogenated alkanes) is 1. The van der Waals surface area contributed by atoms with Crippen molar-refractivity contribution in [3.63, 3.8) is 0 Å². The van der Waals surface area contributed by atoms with Gasteiger partial charge in [0.2, 0.25) is 0 Å². The molecule has 0 aromatic heterocycles. The zero-order valence-electron chi connectivity index (χ0n) is 19.9. The Labute approximate surface area is 206 Å². The van der Waals surface area contributed by atoms with Crippen molar-refractivity contribution in [3.05, 3.63) is 11.1 Å². The van der Waals surface area contributed by atoms with Crippen LogP contribution < -0.4 is 11.5 Å². The van der Waals surface area contributed by atoms with Gasteiger partial charge in [-0.05, 0) is 80.1 Å². The first-order valence-corrected chi connectivity index (χ1v) is 15.2. The highest BCUT2D eigenvalue weighted by atomic mass is 33.1. The quantitative estimate of drug-likeness (QED) is 0.192. The molecule has 1 spiro atoms. The van der Waals surface area contributed by atoms with Crippen LogP contribution >= 0.6 is 21.6 Å². The lowest BCUT2D eigenvalue weighted by Gasteiger charge is -2.57. The normalized spacial score (nSPS) is 39.1.